The van der Waals surface area contributed by atoms with E-state index in [1.54, 1.807) is 36.1 Å². The van der Waals surface area contributed by atoms with Crippen molar-refractivity contribution in [1.29, 1.82) is 0 Å². The number of rotatable bonds is 8. The fourth-order valence-electron chi connectivity index (χ4n) is 4.36. The molecule has 3 atom stereocenters. The number of sulfonamides is 1. The number of aliphatic hydroxyl groups is 1. The van der Waals surface area contributed by atoms with Gasteiger partial charge in [-0.2, -0.15) is 4.31 Å². The number of amides is 2. The number of nitrogens with zero attached hydrogens (tertiary/aromatic N) is 3. The minimum Gasteiger partial charge on any atom is -0.488 e. The number of halogens is 1. The average molecular weight is 587 g/mol. The van der Waals surface area contributed by atoms with Crippen molar-refractivity contribution in [1.82, 2.24) is 14.2 Å². The third-order valence-corrected chi connectivity index (χ3v) is 8.91. The van der Waals surface area contributed by atoms with Crippen LogP contribution in [-0.2, 0) is 10.0 Å². The van der Waals surface area contributed by atoms with Crippen LogP contribution in [0.4, 0.5) is 5.69 Å². The molecule has 0 saturated heterocycles. The van der Waals surface area contributed by atoms with Crippen LogP contribution in [-0.4, -0.2) is 78.4 Å². The van der Waals surface area contributed by atoms with Crippen LogP contribution >= 0.6 is 11.6 Å². The number of hydrogen-bond acceptors (Lipinski definition) is 7. The Morgan fingerprint density at radius 3 is 2.52 bits per heavy atom. The molecule has 10 nitrogen and oxygen atoms in total. The summed E-state index contributed by atoms with van der Waals surface area (Å²) in [5.41, 5.74) is 0.966. The molecule has 0 aliphatic carbocycles. The highest BCUT2D eigenvalue weighted by Crippen LogP contribution is 2.31. The molecule has 0 radical (unpaired) electrons. The van der Waals surface area contributed by atoms with E-state index in [0.29, 0.717) is 16.3 Å². The minimum absolute atomic E-state index is 0.00162. The number of aromatic nitrogens is 1. The standard InChI is InChI=1S/C28H31ClN4O6S/c1-18-15-33(19(2)17-34)28(36)24-14-22(31-27(35)20-10-12-30-13-11-20)6-9-25(24)39-26(18)16-32(3)40(37,38)23-7-4-21(29)5-8-23/h4-14,18-19,26,34H,15-17H2,1-3H3,(H,31,35)/t18-,19+,26+/m0/s1. The second kappa shape index (κ2) is 12.3. The lowest BCUT2D eigenvalue weighted by Gasteiger charge is -2.38. The van der Waals surface area contributed by atoms with E-state index in [2.05, 4.69) is 10.3 Å². The third kappa shape index (κ3) is 6.44. The first kappa shape index (κ1) is 29.5. The highest BCUT2D eigenvalue weighted by molar-refractivity contribution is 7.89. The fourth-order valence-corrected chi connectivity index (χ4v) is 5.67. The minimum atomic E-state index is -3.85. The van der Waals surface area contributed by atoms with Crippen molar-refractivity contribution in [3.8, 4) is 5.75 Å². The van der Waals surface area contributed by atoms with E-state index in [0.717, 1.165) is 0 Å². The molecule has 2 heterocycles. The molecule has 12 heteroatoms. The summed E-state index contributed by atoms with van der Waals surface area (Å²) in [4.78, 5) is 31.9. The lowest BCUT2D eigenvalue weighted by Crippen LogP contribution is -2.50. The van der Waals surface area contributed by atoms with Crippen LogP contribution in [0.1, 0.15) is 34.6 Å². The van der Waals surface area contributed by atoms with Crippen molar-refractivity contribution in [2.75, 3.05) is 32.1 Å². The number of nitrogens with one attached hydrogen (secondary N) is 1. The molecule has 1 aliphatic heterocycles. The number of aliphatic hydroxyl groups excluding tert-OH is 1. The van der Waals surface area contributed by atoms with E-state index in [1.165, 1.54) is 54.1 Å². The average Bonchev–Trinajstić information content (AvgIpc) is 2.95. The highest BCUT2D eigenvalue weighted by Gasteiger charge is 2.35. The molecule has 2 N–H and O–H groups in total. The SMILES string of the molecule is C[C@H](CO)N1C[C@H](C)[C@@H](CN(C)S(=O)(=O)c2ccc(Cl)cc2)Oc2ccc(NC(=O)c3ccncc3)cc2C1=O. The second-order valence-corrected chi connectivity index (χ2v) is 12.2. The number of carbonyl (C=O) groups is 2. The van der Waals surface area contributed by atoms with E-state index >= 15 is 0 Å². The summed E-state index contributed by atoms with van der Waals surface area (Å²) in [6, 6.07) is 13.3. The van der Waals surface area contributed by atoms with Gasteiger partial charge in [-0.05, 0) is 61.5 Å². The van der Waals surface area contributed by atoms with Gasteiger partial charge in [0.05, 0.1) is 29.7 Å². The molecular weight excluding hydrogens is 556 g/mol. The van der Waals surface area contributed by atoms with Gasteiger partial charge in [0.25, 0.3) is 11.8 Å². The monoisotopic (exact) mass is 586 g/mol. The van der Waals surface area contributed by atoms with E-state index in [4.69, 9.17) is 16.3 Å². The van der Waals surface area contributed by atoms with E-state index in [1.807, 2.05) is 6.92 Å². The second-order valence-electron chi connectivity index (χ2n) is 9.76. The topological polar surface area (TPSA) is 129 Å². The number of hydrogen-bond donors (Lipinski definition) is 2. The third-order valence-electron chi connectivity index (χ3n) is 6.82. The molecule has 0 unspecified atom stereocenters. The largest absolute Gasteiger partial charge is 0.488 e. The molecule has 3 aromatic rings. The van der Waals surface area contributed by atoms with E-state index < -0.39 is 22.2 Å². The lowest BCUT2D eigenvalue weighted by molar-refractivity contribution is 0.0387. The number of benzene rings is 2. The predicted octanol–water partition coefficient (Wildman–Crippen LogP) is 3.53. The molecule has 40 heavy (non-hydrogen) atoms. The Morgan fingerprint density at radius 1 is 1.20 bits per heavy atom. The molecule has 212 valence electrons. The van der Waals surface area contributed by atoms with Crippen LogP contribution in [0.25, 0.3) is 0 Å². The Balaban J connectivity index is 1.65. The van der Waals surface area contributed by atoms with Gasteiger partial charge in [0, 0.05) is 48.2 Å². The number of fused-ring (bicyclic) bond motifs is 1. The Morgan fingerprint density at radius 2 is 1.88 bits per heavy atom. The summed E-state index contributed by atoms with van der Waals surface area (Å²) in [5.74, 6) is -0.789. The molecule has 1 aliphatic rings. The van der Waals surface area contributed by atoms with Crippen LogP contribution in [0.15, 0.2) is 71.9 Å². The van der Waals surface area contributed by atoms with Gasteiger partial charge < -0.3 is 20.1 Å². The summed E-state index contributed by atoms with van der Waals surface area (Å²) in [6.07, 6.45) is 2.38. The number of likely N-dealkylation sites (N-methyl/N-ethyl adjacent to an activating group) is 1. The molecular formula is C28H31ClN4O6S. The van der Waals surface area contributed by atoms with Gasteiger partial charge in [0.15, 0.2) is 0 Å². The maximum atomic E-state index is 13.6. The Labute approximate surface area is 238 Å². The number of ether oxygens (including phenoxy) is 1. The molecule has 0 fully saturated rings. The van der Waals surface area contributed by atoms with Crippen molar-refractivity contribution in [3.63, 3.8) is 0 Å². The maximum absolute atomic E-state index is 13.6. The molecule has 4 rings (SSSR count). The Kier molecular flexibility index (Phi) is 9.09. The summed E-state index contributed by atoms with van der Waals surface area (Å²) >= 11 is 5.93. The Bertz CT molecular complexity index is 1470. The summed E-state index contributed by atoms with van der Waals surface area (Å²) in [5, 5.41) is 13.1. The van der Waals surface area contributed by atoms with Gasteiger partial charge in [-0.25, -0.2) is 8.42 Å². The van der Waals surface area contributed by atoms with Gasteiger partial charge in [-0.3, -0.25) is 14.6 Å². The van der Waals surface area contributed by atoms with Crippen molar-refractivity contribution in [2.24, 2.45) is 5.92 Å². The lowest BCUT2D eigenvalue weighted by atomic mass is 9.99. The number of anilines is 1. The van der Waals surface area contributed by atoms with E-state index in [-0.39, 0.29) is 53.6 Å². The summed E-state index contributed by atoms with van der Waals surface area (Å²) in [6.45, 7) is 3.55. The normalized spacial score (nSPS) is 18.4. The van der Waals surface area contributed by atoms with Gasteiger partial charge in [-0.15, -0.1) is 0 Å². The Hall–Kier alpha value is -3.51. The van der Waals surface area contributed by atoms with Crippen LogP contribution in [0.2, 0.25) is 5.02 Å². The van der Waals surface area contributed by atoms with Gasteiger partial charge >= 0.3 is 0 Å². The predicted molar refractivity (Wildman–Crippen MR) is 151 cm³/mol. The number of pyridine rings is 1. The molecule has 0 spiro atoms. The van der Waals surface area contributed by atoms with Crippen LogP contribution in [0.5, 0.6) is 5.75 Å². The van der Waals surface area contributed by atoms with Crippen LogP contribution in [0.3, 0.4) is 0 Å². The van der Waals surface area contributed by atoms with Crippen molar-refractivity contribution in [3.05, 3.63) is 83.1 Å². The van der Waals surface area contributed by atoms with Gasteiger partial charge in [0.1, 0.15) is 11.9 Å². The van der Waals surface area contributed by atoms with Crippen molar-refractivity contribution in [2.45, 2.75) is 30.9 Å². The zero-order valence-electron chi connectivity index (χ0n) is 22.3. The molecule has 0 saturated carbocycles. The van der Waals surface area contributed by atoms with Crippen molar-refractivity contribution < 1.29 is 27.9 Å². The number of carbonyl (C=O) groups excluding carboxylic acids is 2. The zero-order valence-corrected chi connectivity index (χ0v) is 23.9. The van der Waals surface area contributed by atoms with Gasteiger partial charge in [-0.1, -0.05) is 18.5 Å². The maximum Gasteiger partial charge on any atom is 0.258 e. The first-order valence-corrected chi connectivity index (χ1v) is 14.5. The zero-order chi connectivity index (χ0) is 29.0. The fraction of sp³-hybridized carbons (Fsp3) is 0.321. The summed E-state index contributed by atoms with van der Waals surface area (Å²) in [7, 11) is -2.38. The van der Waals surface area contributed by atoms with Crippen molar-refractivity contribution >= 4 is 39.1 Å². The molecule has 0 bridgehead atoms. The van der Waals surface area contributed by atoms with Gasteiger partial charge in [0.2, 0.25) is 10.0 Å². The first-order valence-electron chi connectivity index (χ1n) is 12.7. The molecule has 2 amide bonds. The quantitative estimate of drug-likeness (QED) is 0.413. The van der Waals surface area contributed by atoms with Crippen LogP contribution in [0, 0.1) is 5.92 Å². The summed E-state index contributed by atoms with van der Waals surface area (Å²) < 4.78 is 34.0. The van der Waals surface area contributed by atoms with Crippen LogP contribution < -0.4 is 10.1 Å². The molecule has 1 aromatic heterocycles. The van der Waals surface area contributed by atoms with E-state index in [9.17, 15) is 23.1 Å². The smallest absolute Gasteiger partial charge is 0.258 e. The first-order chi connectivity index (χ1) is 19.0. The highest BCUT2D eigenvalue weighted by atomic mass is 35.5. The molecule has 2 aromatic carbocycles.